The Labute approximate surface area is 130 Å². The van der Waals surface area contributed by atoms with Crippen LogP contribution in [0.4, 0.5) is 0 Å². The van der Waals surface area contributed by atoms with Crippen molar-refractivity contribution in [3.8, 4) is 5.75 Å². The first-order chi connectivity index (χ1) is 10.1. The van der Waals surface area contributed by atoms with Gasteiger partial charge in [-0.05, 0) is 42.9 Å². The number of ether oxygens (including phenoxy) is 1. The minimum atomic E-state index is 0.463. The van der Waals surface area contributed by atoms with E-state index in [-0.39, 0.29) is 0 Å². The average molecular weight is 289 g/mol. The van der Waals surface area contributed by atoms with E-state index in [9.17, 15) is 0 Å². The molecule has 0 fully saturated rings. The van der Waals surface area contributed by atoms with Gasteiger partial charge in [-0.3, -0.25) is 0 Å². The van der Waals surface area contributed by atoms with Crippen molar-refractivity contribution >= 4 is 0 Å². The molecule has 0 bridgehead atoms. The summed E-state index contributed by atoms with van der Waals surface area (Å²) in [4.78, 5) is 0. The van der Waals surface area contributed by atoms with Crippen LogP contribution >= 0.6 is 0 Å². The minimum Gasteiger partial charge on any atom is -0.493 e. The van der Waals surface area contributed by atoms with Gasteiger partial charge in [0.1, 0.15) is 5.75 Å². The first kappa shape index (κ1) is 16.4. The molecule has 118 valence electrons. The van der Waals surface area contributed by atoms with Crippen LogP contribution in [0.5, 0.6) is 5.75 Å². The van der Waals surface area contributed by atoms with Crippen LogP contribution < -0.4 is 10.1 Å². The molecule has 1 aromatic rings. The first-order valence-corrected chi connectivity index (χ1v) is 8.61. The highest BCUT2D eigenvalue weighted by Crippen LogP contribution is 2.29. The smallest absolute Gasteiger partial charge is 0.122 e. The average Bonchev–Trinajstić information content (AvgIpc) is 2.91. The van der Waals surface area contributed by atoms with Gasteiger partial charge in [-0.25, -0.2) is 0 Å². The molecule has 1 aromatic carbocycles. The molecule has 2 nitrogen and oxygen atoms in total. The van der Waals surface area contributed by atoms with Crippen LogP contribution in [0, 0.1) is 5.92 Å². The molecule has 0 saturated carbocycles. The van der Waals surface area contributed by atoms with Gasteiger partial charge in [0.05, 0.1) is 6.61 Å². The second kappa shape index (κ2) is 7.84. The normalized spacial score (nSPS) is 16.6. The molecule has 0 aromatic heterocycles. The van der Waals surface area contributed by atoms with Crippen molar-refractivity contribution in [3.05, 3.63) is 29.3 Å². The standard InChI is InChI=1S/C19H31NO/c1-5-18(20-15(4)8-6-7-14(2)3)16-9-10-19-17(13-16)11-12-21-19/h9-10,13-15,18,20H,5-8,11-12H2,1-4H3. The van der Waals surface area contributed by atoms with Crippen LogP contribution in [0.2, 0.25) is 0 Å². The van der Waals surface area contributed by atoms with Crippen molar-refractivity contribution in [1.29, 1.82) is 0 Å². The van der Waals surface area contributed by atoms with Gasteiger partial charge in [-0.15, -0.1) is 0 Å². The van der Waals surface area contributed by atoms with Gasteiger partial charge >= 0.3 is 0 Å². The lowest BCUT2D eigenvalue weighted by atomic mass is 9.98. The zero-order valence-electron chi connectivity index (χ0n) is 14.1. The van der Waals surface area contributed by atoms with Crippen LogP contribution in [0.15, 0.2) is 18.2 Å². The highest BCUT2D eigenvalue weighted by atomic mass is 16.5. The van der Waals surface area contributed by atoms with Crippen LogP contribution in [0.1, 0.15) is 70.5 Å². The van der Waals surface area contributed by atoms with E-state index in [1.165, 1.54) is 30.4 Å². The molecule has 2 unspecified atom stereocenters. The number of rotatable bonds is 8. The molecular weight excluding hydrogens is 258 g/mol. The number of hydrogen-bond acceptors (Lipinski definition) is 2. The Kier molecular flexibility index (Phi) is 6.10. The minimum absolute atomic E-state index is 0.463. The van der Waals surface area contributed by atoms with Crippen LogP contribution in [-0.4, -0.2) is 12.6 Å². The fourth-order valence-corrected chi connectivity index (χ4v) is 3.13. The second-order valence-electron chi connectivity index (χ2n) is 6.82. The van der Waals surface area contributed by atoms with Crippen molar-refractivity contribution in [3.63, 3.8) is 0 Å². The topological polar surface area (TPSA) is 21.3 Å². The third kappa shape index (κ3) is 4.74. The molecule has 1 heterocycles. The Morgan fingerprint density at radius 1 is 1.19 bits per heavy atom. The monoisotopic (exact) mass is 289 g/mol. The first-order valence-electron chi connectivity index (χ1n) is 8.61. The van der Waals surface area contributed by atoms with Gasteiger partial charge in [0.25, 0.3) is 0 Å². The summed E-state index contributed by atoms with van der Waals surface area (Å²) in [5.74, 6) is 1.90. The summed E-state index contributed by atoms with van der Waals surface area (Å²) < 4.78 is 5.60. The molecule has 0 radical (unpaired) electrons. The molecule has 1 aliphatic heterocycles. The van der Waals surface area contributed by atoms with Gasteiger partial charge in [-0.2, -0.15) is 0 Å². The molecule has 0 aliphatic carbocycles. The maximum absolute atomic E-state index is 5.60. The quantitative estimate of drug-likeness (QED) is 0.736. The lowest BCUT2D eigenvalue weighted by Gasteiger charge is -2.23. The summed E-state index contributed by atoms with van der Waals surface area (Å²) in [6.45, 7) is 10.0. The molecule has 2 heteroatoms. The fourth-order valence-electron chi connectivity index (χ4n) is 3.13. The molecule has 0 spiro atoms. The number of benzene rings is 1. The Hall–Kier alpha value is -1.02. The number of hydrogen-bond donors (Lipinski definition) is 1. The summed E-state index contributed by atoms with van der Waals surface area (Å²) in [5, 5.41) is 3.81. The number of nitrogens with one attached hydrogen (secondary N) is 1. The summed E-state index contributed by atoms with van der Waals surface area (Å²) in [5.41, 5.74) is 2.79. The predicted octanol–water partition coefficient (Wildman–Crippen LogP) is 4.88. The molecule has 0 amide bonds. The van der Waals surface area contributed by atoms with E-state index < -0.39 is 0 Å². The van der Waals surface area contributed by atoms with Crippen LogP contribution in [0.3, 0.4) is 0 Å². The maximum Gasteiger partial charge on any atom is 0.122 e. The lowest BCUT2D eigenvalue weighted by molar-refractivity contribution is 0.356. The maximum atomic E-state index is 5.60. The highest BCUT2D eigenvalue weighted by molar-refractivity contribution is 5.40. The van der Waals surface area contributed by atoms with E-state index >= 15 is 0 Å². The van der Waals surface area contributed by atoms with Crippen molar-refractivity contribution in [2.45, 2.75) is 71.9 Å². The summed E-state index contributed by atoms with van der Waals surface area (Å²) >= 11 is 0. The van der Waals surface area contributed by atoms with E-state index in [2.05, 4.69) is 51.2 Å². The molecular formula is C19H31NO. The molecule has 1 N–H and O–H groups in total. The van der Waals surface area contributed by atoms with E-state index in [4.69, 9.17) is 4.74 Å². The van der Waals surface area contributed by atoms with Crippen molar-refractivity contribution in [2.75, 3.05) is 6.61 Å². The van der Waals surface area contributed by atoms with E-state index in [1.54, 1.807) is 0 Å². The lowest BCUT2D eigenvalue weighted by Crippen LogP contribution is -2.30. The Bertz CT molecular complexity index is 441. The molecule has 2 atom stereocenters. The van der Waals surface area contributed by atoms with Gasteiger partial charge in [0, 0.05) is 18.5 Å². The van der Waals surface area contributed by atoms with E-state index in [0.717, 1.165) is 31.1 Å². The molecule has 21 heavy (non-hydrogen) atoms. The van der Waals surface area contributed by atoms with Crippen LogP contribution in [0.25, 0.3) is 0 Å². The van der Waals surface area contributed by atoms with Crippen LogP contribution in [-0.2, 0) is 6.42 Å². The third-order valence-electron chi connectivity index (χ3n) is 4.43. The van der Waals surface area contributed by atoms with E-state index in [0.29, 0.717) is 12.1 Å². The molecule has 0 saturated heterocycles. The number of fused-ring (bicyclic) bond motifs is 1. The van der Waals surface area contributed by atoms with Gasteiger partial charge in [-0.1, -0.05) is 45.7 Å². The summed E-state index contributed by atoms with van der Waals surface area (Å²) in [6.07, 6.45) is 6.11. The fraction of sp³-hybridized carbons (Fsp3) is 0.684. The third-order valence-corrected chi connectivity index (χ3v) is 4.43. The Morgan fingerprint density at radius 2 is 2.00 bits per heavy atom. The Morgan fingerprint density at radius 3 is 2.71 bits per heavy atom. The Balaban J connectivity index is 1.90. The molecule has 2 rings (SSSR count). The van der Waals surface area contributed by atoms with Crippen molar-refractivity contribution < 1.29 is 4.74 Å². The zero-order chi connectivity index (χ0) is 15.2. The second-order valence-corrected chi connectivity index (χ2v) is 6.82. The molecule has 1 aliphatic rings. The van der Waals surface area contributed by atoms with Crippen molar-refractivity contribution in [1.82, 2.24) is 5.32 Å². The highest BCUT2D eigenvalue weighted by Gasteiger charge is 2.17. The van der Waals surface area contributed by atoms with Gasteiger partial charge in [0.2, 0.25) is 0 Å². The summed E-state index contributed by atoms with van der Waals surface area (Å²) in [7, 11) is 0. The largest absolute Gasteiger partial charge is 0.493 e. The zero-order valence-corrected chi connectivity index (χ0v) is 14.1. The SMILES string of the molecule is CCC(NC(C)CCCC(C)C)c1ccc2c(c1)CCO2. The van der Waals surface area contributed by atoms with E-state index in [1.807, 2.05) is 0 Å². The predicted molar refractivity (Wildman–Crippen MR) is 90.0 cm³/mol. The summed E-state index contributed by atoms with van der Waals surface area (Å²) in [6, 6.07) is 7.75. The van der Waals surface area contributed by atoms with Gasteiger partial charge in [0.15, 0.2) is 0 Å². The van der Waals surface area contributed by atoms with Gasteiger partial charge < -0.3 is 10.1 Å². The van der Waals surface area contributed by atoms with Crippen molar-refractivity contribution in [2.24, 2.45) is 5.92 Å².